The van der Waals surface area contributed by atoms with Crippen LogP contribution in [0.5, 0.6) is 11.5 Å². The predicted molar refractivity (Wildman–Crippen MR) is 108 cm³/mol. The maximum absolute atomic E-state index is 13.1. The van der Waals surface area contributed by atoms with Gasteiger partial charge in [0.25, 0.3) is 0 Å². The SMILES string of the molecule is COCCOC(=O)COc1c(-c2ccc(OC)cc2)oc2ccc(C)cc2c1=O. The van der Waals surface area contributed by atoms with Crippen LogP contribution in [0.25, 0.3) is 22.3 Å². The van der Waals surface area contributed by atoms with Crippen molar-refractivity contribution < 1.29 is 28.2 Å². The summed E-state index contributed by atoms with van der Waals surface area (Å²) < 4.78 is 26.5. The number of aryl methyl sites for hydroxylation is 1. The van der Waals surface area contributed by atoms with E-state index in [0.717, 1.165) is 5.56 Å². The van der Waals surface area contributed by atoms with Gasteiger partial charge in [-0.2, -0.15) is 0 Å². The molecule has 0 aliphatic carbocycles. The highest BCUT2D eigenvalue weighted by Crippen LogP contribution is 2.32. The van der Waals surface area contributed by atoms with Gasteiger partial charge in [-0.25, -0.2) is 4.79 Å². The number of ether oxygens (including phenoxy) is 4. The van der Waals surface area contributed by atoms with E-state index >= 15 is 0 Å². The van der Waals surface area contributed by atoms with Crippen LogP contribution >= 0.6 is 0 Å². The lowest BCUT2D eigenvalue weighted by atomic mass is 10.1. The van der Waals surface area contributed by atoms with Gasteiger partial charge in [-0.3, -0.25) is 4.79 Å². The molecule has 1 heterocycles. The zero-order valence-electron chi connectivity index (χ0n) is 16.5. The highest BCUT2D eigenvalue weighted by Gasteiger charge is 2.19. The van der Waals surface area contributed by atoms with Crippen LogP contribution in [0.1, 0.15) is 5.56 Å². The van der Waals surface area contributed by atoms with Crippen LogP contribution < -0.4 is 14.9 Å². The van der Waals surface area contributed by atoms with E-state index in [1.165, 1.54) is 7.11 Å². The number of methoxy groups -OCH3 is 2. The van der Waals surface area contributed by atoms with Crippen LogP contribution in [0.3, 0.4) is 0 Å². The molecule has 0 aliphatic rings. The molecule has 3 rings (SSSR count). The van der Waals surface area contributed by atoms with E-state index in [1.54, 1.807) is 43.5 Å². The number of fused-ring (bicyclic) bond motifs is 1. The van der Waals surface area contributed by atoms with Crippen LogP contribution in [-0.2, 0) is 14.3 Å². The number of hydrogen-bond acceptors (Lipinski definition) is 7. The first kappa shape index (κ1) is 20.4. The minimum Gasteiger partial charge on any atom is -0.497 e. The Morgan fingerprint density at radius 3 is 2.48 bits per heavy atom. The van der Waals surface area contributed by atoms with E-state index in [-0.39, 0.29) is 30.2 Å². The Kier molecular flexibility index (Phi) is 6.51. The van der Waals surface area contributed by atoms with Crippen molar-refractivity contribution in [1.82, 2.24) is 0 Å². The molecule has 0 amide bonds. The van der Waals surface area contributed by atoms with E-state index in [0.29, 0.717) is 22.3 Å². The predicted octanol–water partition coefficient (Wildman–Crippen LogP) is 3.35. The molecule has 0 saturated heterocycles. The Bertz CT molecular complexity index is 1050. The van der Waals surface area contributed by atoms with Crippen LogP contribution in [0.4, 0.5) is 0 Å². The fourth-order valence-electron chi connectivity index (χ4n) is 2.77. The third-order valence-corrected chi connectivity index (χ3v) is 4.24. The number of hydrogen-bond donors (Lipinski definition) is 0. The molecule has 0 radical (unpaired) electrons. The highest BCUT2D eigenvalue weighted by atomic mass is 16.6. The van der Waals surface area contributed by atoms with Crippen LogP contribution in [0.15, 0.2) is 51.7 Å². The normalized spacial score (nSPS) is 10.7. The molecule has 2 aromatic carbocycles. The molecule has 1 aromatic heterocycles. The third-order valence-electron chi connectivity index (χ3n) is 4.24. The van der Waals surface area contributed by atoms with Gasteiger partial charge in [0, 0.05) is 12.7 Å². The van der Waals surface area contributed by atoms with Crippen LogP contribution in [-0.4, -0.2) is 40.0 Å². The minimum absolute atomic E-state index is 0.0445. The van der Waals surface area contributed by atoms with Crippen molar-refractivity contribution in [1.29, 1.82) is 0 Å². The maximum Gasteiger partial charge on any atom is 0.344 e. The molecular weight excluding hydrogens is 376 g/mol. The maximum atomic E-state index is 13.1. The molecule has 0 saturated carbocycles. The summed E-state index contributed by atoms with van der Waals surface area (Å²) in [6.07, 6.45) is 0. The highest BCUT2D eigenvalue weighted by molar-refractivity contribution is 5.83. The number of carbonyl (C=O) groups excluding carboxylic acids is 1. The zero-order chi connectivity index (χ0) is 20.8. The summed E-state index contributed by atoms with van der Waals surface area (Å²) in [4.78, 5) is 25.0. The van der Waals surface area contributed by atoms with Crippen molar-refractivity contribution >= 4 is 16.9 Å². The number of rotatable bonds is 8. The summed E-state index contributed by atoms with van der Waals surface area (Å²) in [5, 5.41) is 0.380. The fourth-order valence-corrected chi connectivity index (χ4v) is 2.77. The monoisotopic (exact) mass is 398 g/mol. The van der Waals surface area contributed by atoms with Crippen molar-refractivity contribution in [3.05, 3.63) is 58.3 Å². The van der Waals surface area contributed by atoms with E-state index in [1.807, 2.05) is 13.0 Å². The van der Waals surface area contributed by atoms with Crippen molar-refractivity contribution in [2.24, 2.45) is 0 Å². The first-order valence-corrected chi connectivity index (χ1v) is 9.02. The summed E-state index contributed by atoms with van der Waals surface area (Å²) in [6, 6.07) is 12.3. The van der Waals surface area contributed by atoms with Gasteiger partial charge in [-0.1, -0.05) is 11.6 Å². The molecule has 152 valence electrons. The summed E-state index contributed by atoms with van der Waals surface area (Å²) >= 11 is 0. The molecule has 0 fully saturated rings. The van der Waals surface area contributed by atoms with Crippen molar-refractivity contribution in [2.45, 2.75) is 6.92 Å². The lowest BCUT2D eigenvalue weighted by Gasteiger charge is -2.12. The van der Waals surface area contributed by atoms with Gasteiger partial charge in [0.1, 0.15) is 17.9 Å². The molecule has 7 nitrogen and oxygen atoms in total. The Hall–Kier alpha value is -3.32. The Labute approximate surface area is 167 Å². The summed E-state index contributed by atoms with van der Waals surface area (Å²) in [7, 11) is 3.07. The van der Waals surface area contributed by atoms with Gasteiger partial charge in [0.2, 0.25) is 11.2 Å². The van der Waals surface area contributed by atoms with Gasteiger partial charge in [-0.15, -0.1) is 0 Å². The van der Waals surface area contributed by atoms with Gasteiger partial charge < -0.3 is 23.4 Å². The second-order valence-corrected chi connectivity index (χ2v) is 6.32. The Balaban J connectivity index is 2.00. The van der Waals surface area contributed by atoms with Gasteiger partial charge in [0.05, 0.1) is 19.1 Å². The Morgan fingerprint density at radius 2 is 1.79 bits per heavy atom. The minimum atomic E-state index is -0.605. The topological polar surface area (TPSA) is 84.2 Å². The average Bonchev–Trinajstić information content (AvgIpc) is 2.73. The van der Waals surface area contributed by atoms with Crippen molar-refractivity contribution in [3.8, 4) is 22.8 Å². The fraction of sp³-hybridized carbons (Fsp3) is 0.273. The molecule has 7 heteroatoms. The van der Waals surface area contributed by atoms with Gasteiger partial charge in [-0.05, 0) is 43.3 Å². The van der Waals surface area contributed by atoms with Gasteiger partial charge in [0.15, 0.2) is 12.4 Å². The molecular formula is C22H22O7. The lowest BCUT2D eigenvalue weighted by molar-refractivity contribution is -0.147. The standard InChI is InChI=1S/C22H22O7/c1-14-4-9-18-17(12-14)20(24)22(28-13-19(23)27-11-10-25-2)21(29-18)15-5-7-16(26-3)8-6-15/h4-9,12H,10-11,13H2,1-3H3. The summed E-state index contributed by atoms with van der Waals surface area (Å²) in [5.41, 5.74) is 1.60. The van der Waals surface area contributed by atoms with E-state index in [4.69, 9.17) is 23.4 Å². The van der Waals surface area contributed by atoms with Crippen LogP contribution in [0, 0.1) is 6.92 Å². The average molecular weight is 398 g/mol. The molecule has 29 heavy (non-hydrogen) atoms. The van der Waals surface area contributed by atoms with Crippen molar-refractivity contribution in [3.63, 3.8) is 0 Å². The smallest absolute Gasteiger partial charge is 0.344 e. The van der Waals surface area contributed by atoms with E-state index in [9.17, 15) is 9.59 Å². The molecule has 0 atom stereocenters. The van der Waals surface area contributed by atoms with E-state index < -0.39 is 12.6 Å². The molecule has 0 unspecified atom stereocenters. The number of carbonyl (C=O) groups is 1. The largest absolute Gasteiger partial charge is 0.497 e. The quantitative estimate of drug-likeness (QED) is 0.425. The zero-order valence-corrected chi connectivity index (χ0v) is 16.5. The summed E-state index contributed by atoms with van der Waals surface area (Å²) in [6.45, 7) is 1.84. The van der Waals surface area contributed by atoms with Crippen molar-refractivity contribution in [2.75, 3.05) is 34.0 Å². The molecule has 0 bridgehead atoms. The third kappa shape index (κ3) is 4.75. The summed E-state index contributed by atoms with van der Waals surface area (Å²) in [5.74, 6) is 0.249. The molecule has 0 spiro atoms. The van der Waals surface area contributed by atoms with E-state index in [2.05, 4.69) is 0 Å². The lowest BCUT2D eigenvalue weighted by Crippen LogP contribution is -2.20. The first-order valence-electron chi connectivity index (χ1n) is 9.02. The molecule has 0 N–H and O–H groups in total. The number of esters is 1. The number of benzene rings is 2. The Morgan fingerprint density at radius 1 is 1.03 bits per heavy atom. The van der Waals surface area contributed by atoms with Gasteiger partial charge >= 0.3 is 5.97 Å². The molecule has 3 aromatic rings. The first-order chi connectivity index (χ1) is 14.0. The molecule has 0 aliphatic heterocycles. The second-order valence-electron chi connectivity index (χ2n) is 6.32. The van der Waals surface area contributed by atoms with Crippen LogP contribution in [0.2, 0.25) is 0 Å². The second kappa shape index (κ2) is 9.25.